The summed E-state index contributed by atoms with van der Waals surface area (Å²) in [5.41, 5.74) is 0.968. The summed E-state index contributed by atoms with van der Waals surface area (Å²) < 4.78 is 38.5. The molecule has 0 radical (unpaired) electrons. The van der Waals surface area contributed by atoms with Crippen molar-refractivity contribution in [3.63, 3.8) is 0 Å². The zero-order chi connectivity index (χ0) is 24.0. The number of benzene rings is 2. The summed E-state index contributed by atoms with van der Waals surface area (Å²) in [7, 11) is -3.60. The standard InChI is InChI=1S/C25H29N3O5S/c1-2-32-21-11-13-22(14-12-21)34(30,31)28-17-15-27(16-18-28)25(29)10-6-9-24-26-19-23(33-24)20-7-4-3-5-8-20/h3-5,7-8,11-14,19H,2,6,9-10,15-18H2,1H3. The van der Waals surface area contributed by atoms with Crippen LogP contribution >= 0.6 is 0 Å². The van der Waals surface area contributed by atoms with Gasteiger partial charge in [-0.2, -0.15) is 4.31 Å². The Balaban J connectivity index is 1.24. The second-order valence-corrected chi connectivity index (χ2v) is 9.97. The highest BCUT2D eigenvalue weighted by molar-refractivity contribution is 7.89. The topological polar surface area (TPSA) is 93.0 Å². The number of hydrogen-bond acceptors (Lipinski definition) is 6. The SMILES string of the molecule is CCOc1ccc(S(=O)(=O)N2CCN(C(=O)CCCc3ncc(-c4ccccc4)o3)CC2)cc1. The number of carbonyl (C=O) groups excluding carboxylic acids is 1. The van der Waals surface area contributed by atoms with Crippen molar-refractivity contribution >= 4 is 15.9 Å². The molecule has 9 heteroatoms. The van der Waals surface area contributed by atoms with E-state index in [1.165, 1.54) is 4.31 Å². The van der Waals surface area contributed by atoms with Gasteiger partial charge in [-0.05, 0) is 37.6 Å². The molecule has 0 aliphatic carbocycles. The molecule has 1 aliphatic heterocycles. The number of sulfonamides is 1. The molecule has 1 saturated heterocycles. The second-order valence-electron chi connectivity index (χ2n) is 8.03. The first-order chi connectivity index (χ1) is 16.5. The third kappa shape index (κ3) is 5.66. The minimum Gasteiger partial charge on any atom is -0.494 e. The van der Waals surface area contributed by atoms with E-state index in [-0.39, 0.29) is 23.9 Å². The second kappa shape index (κ2) is 10.8. The predicted molar refractivity (Wildman–Crippen MR) is 128 cm³/mol. The molecular formula is C25H29N3O5S. The van der Waals surface area contributed by atoms with Crippen LogP contribution in [-0.2, 0) is 21.2 Å². The average Bonchev–Trinajstić information content (AvgIpc) is 3.34. The lowest BCUT2D eigenvalue weighted by molar-refractivity contribution is -0.132. The molecule has 180 valence electrons. The maximum Gasteiger partial charge on any atom is 0.243 e. The van der Waals surface area contributed by atoms with Gasteiger partial charge in [-0.3, -0.25) is 4.79 Å². The van der Waals surface area contributed by atoms with Gasteiger partial charge in [0.1, 0.15) is 5.75 Å². The van der Waals surface area contributed by atoms with Crippen molar-refractivity contribution in [2.45, 2.75) is 31.1 Å². The quantitative estimate of drug-likeness (QED) is 0.462. The Morgan fingerprint density at radius 1 is 1.03 bits per heavy atom. The first-order valence-electron chi connectivity index (χ1n) is 11.5. The van der Waals surface area contributed by atoms with Gasteiger partial charge in [-0.1, -0.05) is 30.3 Å². The van der Waals surface area contributed by atoms with Gasteiger partial charge in [0, 0.05) is 44.6 Å². The molecule has 2 aromatic carbocycles. The minimum atomic E-state index is -3.60. The maximum atomic E-state index is 12.9. The van der Waals surface area contributed by atoms with Crippen LogP contribution in [0.2, 0.25) is 0 Å². The van der Waals surface area contributed by atoms with Crippen molar-refractivity contribution in [1.29, 1.82) is 0 Å². The number of aromatic nitrogens is 1. The summed E-state index contributed by atoms with van der Waals surface area (Å²) in [4.78, 5) is 18.9. The van der Waals surface area contributed by atoms with Crippen LogP contribution < -0.4 is 4.74 Å². The number of ether oxygens (including phenoxy) is 1. The van der Waals surface area contributed by atoms with Gasteiger partial charge >= 0.3 is 0 Å². The van der Waals surface area contributed by atoms with Gasteiger partial charge in [0.05, 0.1) is 17.7 Å². The Kier molecular flexibility index (Phi) is 7.64. The lowest BCUT2D eigenvalue weighted by atomic mass is 10.2. The first kappa shape index (κ1) is 24.0. The number of nitrogens with zero attached hydrogens (tertiary/aromatic N) is 3. The Hall–Kier alpha value is -3.17. The third-order valence-electron chi connectivity index (χ3n) is 5.76. The summed E-state index contributed by atoms with van der Waals surface area (Å²) in [6.07, 6.45) is 3.27. The van der Waals surface area contributed by atoms with Gasteiger partial charge < -0.3 is 14.1 Å². The predicted octanol–water partition coefficient (Wildman–Crippen LogP) is 3.60. The van der Waals surface area contributed by atoms with E-state index in [0.29, 0.717) is 56.4 Å². The van der Waals surface area contributed by atoms with Gasteiger partial charge in [0.25, 0.3) is 0 Å². The molecule has 0 N–H and O–H groups in total. The summed E-state index contributed by atoms with van der Waals surface area (Å²) in [5.74, 6) is 1.98. The molecule has 1 aliphatic rings. The summed E-state index contributed by atoms with van der Waals surface area (Å²) in [6.45, 7) is 3.72. The van der Waals surface area contributed by atoms with Crippen molar-refractivity contribution in [1.82, 2.24) is 14.2 Å². The maximum absolute atomic E-state index is 12.9. The number of rotatable bonds is 9. The van der Waals surface area contributed by atoms with E-state index < -0.39 is 10.0 Å². The van der Waals surface area contributed by atoms with Crippen LogP contribution in [0.3, 0.4) is 0 Å². The normalized spacial score (nSPS) is 14.8. The molecule has 1 aromatic heterocycles. The molecule has 0 saturated carbocycles. The lowest BCUT2D eigenvalue weighted by Crippen LogP contribution is -2.50. The zero-order valence-electron chi connectivity index (χ0n) is 19.2. The van der Waals surface area contributed by atoms with Crippen LogP contribution in [0.15, 0.2) is 70.1 Å². The van der Waals surface area contributed by atoms with Crippen LogP contribution in [0.25, 0.3) is 11.3 Å². The third-order valence-corrected chi connectivity index (χ3v) is 7.67. The number of amides is 1. The number of carbonyl (C=O) groups is 1. The Labute approximate surface area is 200 Å². The van der Waals surface area contributed by atoms with Gasteiger partial charge in [-0.25, -0.2) is 13.4 Å². The molecule has 2 heterocycles. The molecular weight excluding hydrogens is 454 g/mol. The highest BCUT2D eigenvalue weighted by Gasteiger charge is 2.30. The molecule has 4 rings (SSSR count). The highest BCUT2D eigenvalue weighted by atomic mass is 32.2. The molecule has 0 unspecified atom stereocenters. The van der Waals surface area contributed by atoms with E-state index in [1.54, 1.807) is 35.4 Å². The number of oxazole rings is 1. The van der Waals surface area contributed by atoms with Gasteiger partial charge in [-0.15, -0.1) is 0 Å². The monoisotopic (exact) mass is 483 g/mol. The van der Waals surface area contributed by atoms with Crippen molar-refractivity contribution in [2.24, 2.45) is 0 Å². The molecule has 0 spiro atoms. The number of piperazine rings is 1. The van der Waals surface area contributed by atoms with Gasteiger partial charge in [0.2, 0.25) is 15.9 Å². The smallest absolute Gasteiger partial charge is 0.243 e. The molecule has 1 amide bonds. The highest BCUT2D eigenvalue weighted by Crippen LogP contribution is 2.22. The van der Waals surface area contributed by atoms with Crippen LogP contribution in [0, 0.1) is 0 Å². The largest absolute Gasteiger partial charge is 0.494 e. The fourth-order valence-electron chi connectivity index (χ4n) is 3.91. The van der Waals surface area contributed by atoms with E-state index in [1.807, 2.05) is 37.3 Å². The zero-order valence-corrected chi connectivity index (χ0v) is 20.0. The number of aryl methyl sites for hydroxylation is 1. The van der Waals surface area contributed by atoms with Crippen LogP contribution in [0.1, 0.15) is 25.7 Å². The molecule has 0 atom stereocenters. The Bertz CT molecular complexity index is 1180. The fourth-order valence-corrected chi connectivity index (χ4v) is 5.33. The Morgan fingerprint density at radius 2 is 1.74 bits per heavy atom. The van der Waals surface area contributed by atoms with Crippen molar-refractivity contribution < 1.29 is 22.4 Å². The van der Waals surface area contributed by atoms with Crippen LogP contribution in [0.5, 0.6) is 5.75 Å². The molecule has 8 nitrogen and oxygen atoms in total. The van der Waals surface area contributed by atoms with Crippen molar-refractivity contribution in [3.8, 4) is 17.1 Å². The number of hydrogen-bond donors (Lipinski definition) is 0. The van der Waals surface area contributed by atoms with E-state index in [4.69, 9.17) is 9.15 Å². The fraction of sp³-hybridized carbons (Fsp3) is 0.360. The molecule has 3 aromatic rings. The van der Waals surface area contributed by atoms with E-state index in [2.05, 4.69) is 4.98 Å². The van der Waals surface area contributed by atoms with E-state index in [0.717, 1.165) is 5.56 Å². The van der Waals surface area contributed by atoms with Crippen molar-refractivity contribution in [2.75, 3.05) is 32.8 Å². The Morgan fingerprint density at radius 3 is 2.41 bits per heavy atom. The van der Waals surface area contributed by atoms with E-state index >= 15 is 0 Å². The van der Waals surface area contributed by atoms with E-state index in [9.17, 15) is 13.2 Å². The van der Waals surface area contributed by atoms with Gasteiger partial charge in [0.15, 0.2) is 11.7 Å². The van der Waals surface area contributed by atoms with Crippen molar-refractivity contribution in [3.05, 3.63) is 66.7 Å². The average molecular weight is 484 g/mol. The summed E-state index contributed by atoms with van der Waals surface area (Å²) in [5, 5.41) is 0. The molecule has 0 bridgehead atoms. The first-order valence-corrected chi connectivity index (χ1v) is 12.9. The summed E-state index contributed by atoms with van der Waals surface area (Å²) in [6, 6.07) is 16.2. The minimum absolute atomic E-state index is 0.0213. The van der Waals surface area contributed by atoms with Crippen LogP contribution in [0.4, 0.5) is 0 Å². The van der Waals surface area contributed by atoms with Crippen LogP contribution in [-0.4, -0.2) is 61.3 Å². The molecule has 34 heavy (non-hydrogen) atoms. The molecule has 1 fully saturated rings. The summed E-state index contributed by atoms with van der Waals surface area (Å²) >= 11 is 0. The lowest BCUT2D eigenvalue weighted by Gasteiger charge is -2.34.